The van der Waals surface area contributed by atoms with Crippen LogP contribution < -0.4 is 4.74 Å². The second-order valence-corrected chi connectivity index (χ2v) is 3.82. The van der Waals surface area contributed by atoms with Gasteiger partial charge in [0, 0.05) is 5.56 Å². The summed E-state index contributed by atoms with van der Waals surface area (Å²) in [6.07, 6.45) is -1.51. The van der Waals surface area contributed by atoms with E-state index in [9.17, 15) is 0 Å². The second kappa shape index (κ2) is 5.46. The van der Waals surface area contributed by atoms with E-state index in [-0.39, 0.29) is 13.2 Å². The van der Waals surface area contributed by atoms with Crippen molar-refractivity contribution >= 4 is 0 Å². The van der Waals surface area contributed by atoms with Gasteiger partial charge < -0.3 is 24.4 Å². The molecule has 1 aromatic rings. The van der Waals surface area contributed by atoms with Crippen molar-refractivity contribution in [2.24, 2.45) is 0 Å². The molecule has 2 N–H and O–H groups in total. The van der Waals surface area contributed by atoms with Crippen molar-refractivity contribution in [3.05, 3.63) is 29.8 Å². The molecule has 0 bridgehead atoms. The van der Waals surface area contributed by atoms with Crippen LogP contribution in [0.15, 0.2) is 24.3 Å². The molecular weight excluding hydrogens is 224 g/mol. The third-order valence-corrected chi connectivity index (χ3v) is 2.76. The van der Waals surface area contributed by atoms with E-state index < -0.39 is 18.5 Å². The maximum atomic E-state index is 9.08. The van der Waals surface area contributed by atoms with Crippen LogP contribution in [0.4, 0.5) is 0 Å². The minimum atomic E-state index is -0.546. The number of hydrogen-bond donors (Lipinski definition) is 2. The van der Waals surface area contributed by atoms with Crippen LogP contribution in [0.3, 0.4) is 0 Å². The fraction of sp³-hybridized carbons (Fsp3) is 0.500. The van der Waals surface area contributed by atoms with Crippen LogP contribution in [0.1, 0.15) is 11.9 Å². The Balaban J connectivity index is 2.07. The zero-order valence-corrected chi connectivity index (χ0v) is 9.57. The minimum Gasteiger partial charge on any atom is -0.497 e. The average Bonchev–Trinajstić information content (AvgIpc) is 2.82. The molecule has 0 saturated carbocycles. The maximum absolute atomic E-state index is 9.08. The van der Waals surface area contributed by atoms with Crippen LogP contribution in [-0.4, -0.2) is 42.7 Å². The summed E-state index contributed by atoms with van der Waals surface area (Å²) in [7, 11) is 1.60. The Hall–Kier alpha value is -1.14. The molecule has 17 heavy (non-hydrogen) atoms. The molecule has 5 nitrogen and oxygen atoms in total. The highest BCUT2D eigenvalue weighted by Crippen LogP contribution is 2.31. The van der Waals surface area contributed by atoms with Gasteiger partial charge in [-0.1, -0.05) is 12.1 Å². The van der Waals surface area contributed by atoms with Gasteiger partial charge in [-0.3, -0.25) is 0 Å². The van der Waals surface area contributed by atoms with E-state index in [1.54, 1.807) is 7.11 Å². The van der Waals surface area contributed by atoms with Crippen molar-refractivity contribution in [1.29, 1.82) is 0 Å². The van der Waals surface area contributed by atoms with Gasteiger partial charge in [0.15, 0.2) is 6.29 Å². The molecule has 1 heterocycles. The highest BCUT2D eigenvalue weighted by atomic mass is 16.7. The summed E-state index contributed by atoms with van der Waals surface area (Å²) >= 11 is 0. The molecule has 0 radical (unpaired) electrons. The normalized spacial score (nSPS) is 25.1. The Morgan fingerprint density at radius 3 is 2.00 bits per heavy atom. The smallest absolute Gasteiger partial charge is 0.184 e. The second-order valence-electron chi connectivity index (χ2n) is 3.82. The van der Waals surface area contributed by atoms with Gasteiger partial charge in [0.05, 0.1) is 20.3 Å². The first-order valence-electron chi connectivity index (χ1n) is 5.45. The van der Waals surface area contributed by atoms with E-state index >= 15 is 0 Å². The average molecular weight is 240 g/mol. The largest absolute Gasteiger partial charge is 0.497 e. The van der Waals surface area contributed by atoms with Crippen molar-refractivity contribution in [1.82, 2.24) is 0 Å². The molecule has 0 aromatic heterocycles. The van der Waals surface area contributed by atoms with Crippen molar-refractivity contribution in [3.63, 3.8) is 0 Å². The summed E-state index contributed by atoms with van der Waals surface area (Å²) < 4.78 is 16.1. The number of benzene rings is 1. The molecule has 1 saturated heterocycles. The number of ether oxygens (including phenoxy) is 3. The molecule has 1 aliphatic heterocycles. The van der Waals surface area contributed by atoms with Gasteiger partial charge in [0.2, 0.25) is 0 Å². The third-order valence-electron chi connectivity index (χ3n) is 2.76. The van der Waals surface area contributed by atoms with E-state index in [1.807, 2.05) is 24.3 Å². The number of hydrogen-bond acceptors (Lipinski definition) is 5. The van der Waals surface area contributed by atoms with Crippen molar-refractivity contribution in [3.8, 4) is 5.75 Å². The maximum Gasteiger partial charge on any atom is 0.184 e. The van der Waals surface area contributed by atoms with Crippen LogP contribution in [-0.2, 0) is 9.47 Å². The van der Waals surface area contributed by atoms with Gasteiger partial charge in [-0.05, 0) is 12.1 Å². The van der Waals surface area contributed by atoms with Crippen LogP contribution >= 0.6 is 0 Å². The highest BCUT2D eigenvalue weighted by Gasteiger charge is 2.35. The predicted molar refractivity (Wildman–Crippen MR) is 59.7 cm³/mol. The van der Waals surface area contributed by atoms with E-state index in [2.05, 4.69) is 0 Å². The Morgan fingerprint density at radius 2 is 1.59 bits per heavy atom. The van der Waals surface area contributed by atoms with Gasteiger partial charge in [0.1, 0.15) is 18.0 Å². The lowest BCUT2D eigenvalue weighted by molar-refractivity contribution is -0.0770. The Bertz CT molecular complexity index is 338. The summed E-state index contributed by atoms with van der Waals surface area (Å²) in [6.45, 7) is -0.338. The number of rotatable bonds is 4. The quantitative estimate of drug-likeness (QED) is 0.800. The lowest BCUT2D eigenvalue weighted by atomic mass is 10.2. The van der Waals surface area contributed by atoms with Crippen LogP contribution in [0.5, 0.6) is 5.75 Å². The molecule has 0 aliphatic carbocycles. The first-order chi connectivity index (χ1) is 8.28. The lowest BCUT2D eigenvalue weighted by Gasteiger charge is -2.10. The van der Waals surface area contributed by atoms with Crippen LogP contribution in [0, 0.1) is 0 Å². The van der Waals surface area contributed by atoms with E-state index in [4.69, 9.17) is 24.4 Å². The third kappa shape index (κ3) is 2.58. The van der Waals surface area contributed by atoms with Gasteiger partial charge in [-0.2, -0.15) is 0 Å². The topological polar surface area (TPSA) is 68.2 Å². The molecule has 5 heteroatoms. The summed E-state index contributed by atoms with van der Waals surface area (Å²) in [6, 6.07) is 7.28. The zero-order chi connectivity index (χ0) is 12.3. The lowest BCUT2D eigenvalue weighted by Crippen LogP contribution is -2.29. The summed E-state index contributed by atoms with van der Waals surface area (Å²) in [5, 5.41) is 18.2. The molecule has 1 aliphatic rings. The summed E-state index contributed by atoms with van der Waals surface area (Å²) in [4.78, 5) is 0. The summed E-state index contributed by atoms with van der Waals surface area (Å²) in [5.74, 6) is 0.754. The molecule has 94 valence electrons. The van der Waals surface area contributed by atoms with Crippen molar-refractivity contribution in [2.75, 3.05) is 20.3 Å². The van der Waals surface area contributed by atoms with E-state index in [1.165, 1.54) is 0 Å². The number of aliphatic hydroxyl groups excluding tert-OH is 2. The van der Waals surface area contributed by atoms with Gasteiger partial charge in [0.25, 0.3) is 0 Å². The zero-order valence-electron chi connectivity index (χ0n) is 9.57. The molecule has 0 amide bonds. The van der Waals surface area contributed by atoms with E-state index in [0.29, 0.717) is 0 Å². The molecular formula is C12H16O5. The summed E-state index contributed by atoms with van der Waals surface area (Å²) in [5.41, 5.74) is 0.834. The number of methoxy groups -OCH3 is 1. The predicted octanol–water partition coefficient (Wildman–Crippen LogP) is 0.462. The standard InChI is InChI=1S/C12H16O5/c1-15-9-4-2-8(3-5-9)12-16-10(6-13)11(7-14)17-12/h2-5,10-14H,6-7H2,1H3/t10-,11-/m0/s1. The SMILES string of the molecule is COc1ccc(C2O[C@@H](CO)[C@H](CO)O2)cc1. The highest BCUT2D eigenvalue weighted by molar-refractivity contribution is 5.28. The van der Waals surface area contributed by atoms with Gasteiger partial charge in [-0.15, -0.1) is 0 Å². The molecule has 2 rings (SSSR count). The molecule has 1 fully saturated rings. The van der Waals surface area contributed by atoms with Gasteiger partial charge in [-0.25, -0.2) is 0 Å². The Labute approximate surface area is 99.5 Å². The minimum absolute atomic E-state index is 0.169. The van der Waals surface area contributed by atoms with Crippen LogP contribution in [0.25, 0.3) is 0 Å². The fourth-order valence-corrected chi connectivity index (χ4v) is 1.76. The molecule has 0 unspecified atom stereocenters. The van der Waals surface area contributed by atoms with Crippen LogP contribution in [0.2, 0.25) is 0 Å². The number of aliphatic hydroxyl groups is 2. The first-order valence-corrected chi connectivity index (χ1v) is 5.45. The van der Waals surface area contributed by atoms with Crippen molar-refractivity contribution in [2.45, 2.75) is 18.5 Å². The molecule has 1 aromatic carbocycles. The fourth-order valence-electron chi connectivity index (χ4n) is 1.76. The van der Waals surface area contributed by atoms with Crippen molar-refractivity contribution < 1.29 is 24.4 Å². The Morgan fingerprint density at radius 1 is 1.06 bits per heavy atom. The van der Waals surface area contributed by atoms with E-state index in [0.717, 1.165) is 11.3 Å². The van der Waals surface area contributed by atoms with Gasteiger partial charge >= 0.3 is 0 Å². The molecule has 2 atom stereocenters. The monoisotopic (exact) mass is 240 g/mol. The first kappa shape index (κ1) is 12.3. The Kier molecular flexibility index (Phi) is 3.96. The molecule has 0 spiro atoms.